The van der Waals surface area contributed by atoms with Crippen LogP contribution in [0.15, 0.2) is 42.0 Å². The van der Waals surface area contributed by atoms with E-state index in [9.17, 15) is 4.79 Å². The summed E-state index contributed by atoms with van der Waals surface area (Å²) in [4.78, 5) is 10.8. The van der Waals surface area contributed by atoms with Crippen molar-refractivity contribution >= 4 is 5.97 Å². The second-order valence-electron chi connectivity index (χ2n) is 4.36. The molecule has 0 bridgehead atoms. The smallest absolute Gasteiger partial charge is 0.331 e. The number of aliphatic carboxylic acids is 1. The molecule has 0 heterocycles. The largest absolute Gasteiger partial charge is 0.478 e. The van der Waals surface area contributed by atoms with Crippen LogP contribution in [0.4, 0.5) is 0 Å². The van der Waals surface area contributed by atoms with Crippen molar-refractivity contribution in [2.45, 2.75) is 26.2 Å². The molecule has 3 nitrogen and oxygen atoms in total. The van der Waals surface area contributed by atoms with Gasteiger partial charge in [-0.1, -0.05) is 50.3 Å². The molecule has 0 aliphatic rings. The van der Waals surface area contributed by atoms with Crippen LogP contribution < -0.4 is 5.32 Å². The molecule has 1 rings (SSSR count). The molecule has 98 valence electrons. The Hall–Kier alpha value is -1.61. The van der Waals surface area contributed by atoms with Gasteiger partial charge in [-0.05, 0) is 17.9 Å². The van der Waals surface area contributed by atoms with Gasteiger partial charge in [-0.15, -0.1) is 0 Å². The van der Waals surface area contributed by atoms with Crippen molar-refractivity contribution in [3.63, 3.8) is 0 Å². The predicted octanol–water partition coefficient (Wildman–Crippen LogP) is 2.80. The fourth-order valence-corrected chi connectivity index (χ4v) is 1.78. The van der Waals surface area contributed by atoms with Crippen molar-refractivity contribution in [1.82, 2.24) is 5.32 Å². The van der Waals surface area contributed by atoms with E-state index in [1.807, 2.05) is 25.1 Å². The first-order valence-corrected chi connectivity index (χ1v) is 6.33. The highest BCUT2D eigenvalue weighted by atomic mass is 16.4. The summed E-state index contributed by atoms with van der Waals surface area (Å²) in [5, 5.41) is 12.1. The van der Waals surface area contributed by atoms with Crippen LogP contribution in [0.5, 0.6) is 0 Å². The van der Waals surface area contributed by atoms with E-state index in [4.69, 9.17) is 5.11 Å². The molecule has 0 saturated heterocycles. The van der Waals surface area contributed by atoms with Crippen LogP contribution in [0.3, 0.4) is 0 Å². The zero-order valence-corrected chi connectivity index (χ0v) is 11.0. The summed E-state index contributed by atoms with van der Waals surface area (Å²) < 4.78 is 0. The summed E-state index contributed by atoms with van der Waals surface area (Å²) in [6.07, 6.45) is 2.31. The molecule has 1 aromatic carbocycles. The van der Waals surface area contributed by atoms with Crippen molar-refractivity contribution in [1.29, 1.82) is 0 Å². The number of hydrogen-bond donors (Lipinski definition) is 2. The lowest BCUT2D eigenvalue weighted by Gasteiger charge is -2.12. The average molecular weight is 247 g/mol. The van der Waals surface area contributed by atoms with E-state index in [0.717, 1.165) is 6.54 Å². The van der Waals surface area contributed by atoms with Crippen LogP contribution in [-0.4, -0.2) is 24.2 Å². The number of carbonyl (C=O) groups is 1. The Kier molecular flexibility index (Phi) is 6.15. The van der Waals surface area contributed by atoms with Crippen molar-refractivity contribution in [3.8, 4) is 0 Å². The van der Waals surface area contributed by atoms with Crippen molar-refractivity contribution in [3.05, 3.63) is 47.5 Å². The maximum Gasteiger partial charge on any atom is 0.331 e. The van der Waals surface area contributed by atoms with E-state index in [1.54, 1.807) is 6.08 Å². The fraction of sp³-hybridized carbons (Fsp3) is 0.400. The van der Waals surface area contributed by atoms with Crippen molar-refractivity contribution in [2.75, 3.05) is 13.1 Å². The number of rotatable bonds is 7. The quantitative estimate of drug-likeness (QED) is 0.575. The fourth-order valence-electron chi connectivity index (χ4n) is 1.78. The minimum absolute atomic E-state index is 0.425. The van der Waals surface area contributed by atoms with Crippen LogP contribution >= 0.6 is 0 Å². The number of hydrogen-bond acceptors (Lipinski definition) is 2. The Balaban J connectivity index is 2.36. The maximum absolute atomic E-state index is 10.8. The van der Waals surface area contributed by atoms with Gasteiger partial charge in [0.2, 0.25) is 0 Å². The molecule has 1 unspecified atom stereocenters. The number of nitrogens with one attached hydrogen (secondary N) is 1. The number of benzene rings is 1. The summed E-state index contributed by atoms with van der Waals surface area (Å²) in [5.41, 5.74) is 1.76. The molecule has 0 fully saturated rings. The molecule has 0 spiro atoms. The Bertz CT molecular complexity index is 398. The summed E-state index contributed by atoms with van der Waals surface area (Å²) in [6.45, 7) is 5.46. The second kappa shape index (κ2) is 7.67. The topological polar surface area (TPSA) is 49.3 Å². The average Bonchev–Trinajstić information content (AvgIpc) is 2.39. The second-order valence-corrected chi connectivity index (χ2v) is 4.36. The van der Waals surface area contributed by atoms with E-state index in [1.165, 1.54) is 5.56 Å². The standard InChI is InChI=1S/C15H21NO2/c1-3-13(15(17)18)9-10-16-11-12(2)14-7-5-4-6-8-14/h4-9,12,16H,3,10-11H2,1-2H3,(H,17,18)/b13-9-. The molecule has 1 atom stereocenters. The first kappa shape index (κ1) is 14.5. The summed E-state index contributed by atoms with van der Waals surface area (Å²) >= 11 is 0. The molecule has 2 N–H and O–H groups in total. The minimum atomic E-state index is -0.824. The van der Waals surface area contributed by atoms with Gasteiger partial charge in [0.25, 0.3) is 0 Å². The SMILES string of the molecule is CC/C(=C/CNCC(C)c1ccccc1)C(=O)O. The van der Waals surface area contributed by atoms with E-state index in [2.05, 4.69) is 24.4 Å². The van der Waals surface area contributed by atoms with Crippen LogP contribution in [0, 0.1) is 0 Å². The predicted molar refractivity (Wildman–Crippen MR) is 73.7 cm³/mol. The van der Waals surface area contributed by atoms with Gasteiger partial charge in [-0.25, -0.2) is 4.79 Å². The van der Waals surface area contributed by atoms with Gasteiger partial charge < -0.3 is 10.4 Å². The summed E-state index contributed by atoms with van der Waals surface area (Å²) in [7, 11) is 0. The van der Waals surface area contributed by atoms with Gasteiger partial charge >= 0.3 is 5.97 Å². The van der Waals surface area contributed by atoms with Crippen LogP contribution in [-0.2, 0) is 4.79 Å². The molecule has 1 aromatic rings. The summed E-state index contributed by atoms with van der Waals surface area (Å²) in [5.74, 6) is -0.398. The zero-order valence-electron chi connectivity index (χ0n) is 11.0. The summed E-state index contributed by atoms with van der Waals surface area (Å²) in [6, 6.07) is 10.3. The van der Waals surface area contributed by atoms with E-state index < -0.39 is 5.97 Å². The Morgan fingerprint density at radius 1 is 1.39 bits per heavy atom. The van der Waals surface area contributed by atoms with Crippen molar-refractivity contribution in [2.24, 2.45) is 0 Å². The molecular weight excluding hydrogens is 226 g/mol. The number of carboxylic acid groups (broad SMARTS) is 1. The normalized spacial score (nSPS) is 13.3. The highest BCUT2D eigenvalue weighted by molar-refractivity contribution is 5.86. The third kappa shape index (κ3) is 4.72. The first-order valence-electron chi connectivity index (χ1n) is 6.33. The third-order valence-electron chi connectivity index (χ3n) is 2.97. The first-order chi connectivity index (χ1) is 8.65. The molecule has 0 radical (unpaired) electrons. The lowest BCUT2D eigenvalue weighted by Crippen LogP contribution is -2.20. The van der Waals surface area contributed by atoms with Crippen molar-refractivity contribution < 1.29 is 9.90 Å². The number of carboxylic acids is 1. The van der Waals surface area contributed by atoms with E-state index >= 15 is 0 Å². The minimum Gasteiger partial charge on any atom is -0.478 e. The van der Waals surface area contributed by atoms with Gasteiger partial charge in [0, 0.05) is 18.7 Å². The van der Waals surface area contributed by atoms with Gasteiger partial charge in [-0.3, -0.25) is 0 Å². The van der Waals surface area contributed by atoms with Gasteiger partial charge in [0.05, 0.1) is 0 Å². The molecule has 0 saturated carbocycles. The van der Waals surface area contributed by atoms with Gasteiger partial charge in [-0.2, -0.15) is 0 Å². The molecule has 0 aliphatic carbocycles. The molecule has 3 heteroatoms. The lowest BCUT2D eigenvalue weighted by molar-refractivity contribution is -0.132. The molecule has 18 heavy (non-hydrogen) atoms. The van der Waals surface area contributed by atoms with Gasteiger partial charge in [0.15, 0.2) is 0 Å². The Morgan fingerprint density at radius 2 is 2.06 bits per heavy atom. The van der Waals surface area contributed by atoms with Gasteiger partial charge in [0.1, 0.15) is 0 Å². The monoisotopic (exact) mass is 247 g/mol. The van der Waals surface area contributed by atoms with Crippen LogP contribution in [0.1, 0.15) is 31.7 Å². The molecule has 0 amide bonds. The highest BCUT2D eigenvalue weighted by Crippen LogP contribution is 2.12. The van der Waals surface area contributed by atoms with E-state index in [0.29, 0.717) is 24.5 Å². The van der Waals surface area contributed by atoms with Crippen LogP contribution in [0.25, 0.3) is 0 Å². The van der Waals surface area contributed by atoms with E-state index in [-0.39, 0.29) is 0 Å². The molecule has 0 aromatic heterocycles. The lowest BCUT2D eigenvalue weighted by atomic mass is 10.0. The molecule has 0 aliphatic heterocycles. The Labute approximate surface area is 109 Å². The Morgan fingerprint density at radius 3 is 2.61 bits per heavy atom. The zero-order chi connectivity index (χ0) is 13.4. The van der Waals surface area contributed by atoms with Crippen LogP contribution in [0.2, 0.25) is 0 Å². The third-order valence-corrected chi connectivity index (χ3v) is 2.97. The maximum atomic E-state index is 10.8. The highest BCUT2D eigenvalue weighted by Gasteiger charge is 2.05. The molecular formula is C15H21NO2.